The molecule has 31 valence electrons. The Morgan fingerprint density at radius 2 is 2.67 bits per heavy atom. The van der Waals surface area contributed by atoms with Crippen molar-refractivity contribution in [3.05, 3.63) is 0 Å². The van der Waals surface area contributed by atoms with Crippen LogP contribution in [0.1, 0.15) is 0 Å². The molecule has 0 bridgehead atoms. The van der Waals surface area contributed by atoms with Gasteiger partial charge < -0.3 is 4.57 Å². The van der Waals surface area contributed by atoms with E-state index in [-0.39, 0.29) is 0 Å². The summed E-state index contributed by atoms with van der Waals surface area (Å²) in [7, 11) is 3.27. The third kappa shape index (κ3) is 0.595. The van der Waals surface area contributed by atoms with Crippen LogP contribution in [0, 0.1) is 0 Å². The van der Waals surface area contributed by atoms with Crippen LogP contribution in [0.2, 0.25) is 0 Å². The lowest BCUT2D eigenvalue weighted by atomic mass is 10.7. The molecule has 0 spiro atoms. The van der Waals surface area contributed by atoms with Crippen LogP contribution in [-0.2, 0) is 0 Å². The van der Waals surface area contributed by atoms with E-state index >= 15 is 0 Å². The van der Waals surface area contributed by atoms with Crippen LogP contribution in [-0.4, -0.2) is 34.4 Å². The van der Waals surface area contributed by atoms with Gasteiger partial charge in [0.2, 0.25) is 0 Å². The van der Waals surface area contributed by atoms with Gasteiger partial charge in [0.15, 0.2) is 10.4 Å². The number of nitrogens with zero attached hydrogens (tertiary/aromatic N) is 2. The Morgan fingerprint density at radius 3 is 2.83 bits per heavy atom. The fraction of sp³-hybridized carbons (Fsp3) is 0.667. The molecular weight excluding hydrogens is 92.1 g/mol. The summed E-state index contributed by atoms with van der Waals surface area (Å²) in [5.41, 5.74) is 0. The van der Waals surface area contributed by atoms with Crippen molar-refractivity contribution >= 4 is 16.7 Å². The Bertz CT molecular complexity index is 71.2. The van der Waals surface area contributed by atoms with Crippen LogP contribution in [0.3, 0.4) is 0 Å². The van der Waals surface area contributed by atoms with Gasteiger partial charge in [-0.2, -0.15) is 0 Å². The zero-order valence-electron chi connectivity index (χ0n) is 3.39. The van der Waals surface area contributed by atoms with Crippen molar-refractivity contribution in [2.24, 2.45) is 4.99 Å². The molecule has 0 unspecified atom stereocenters. The van der Waals surface area contributed by atoms with E-state index in [0.717, 1.165) is 13.1 Å². The van der Waals surface area contributed by atoms with Gasteiger partial charge in [-0.25, -0.2) is 0 Å². The van der Waals surface area contributed by atoms with Crippen LogP contribution in [0.25, 0.3) is 0 Å². The molecule has 1 heterocycles. The summed E-state index contributed by atoms with van der Waals surface area (Å²) in [6.07, 6.45) is 1.77. The Morgan fingerprint density at radius 1 is 1.83 bits per heavy atom. The molecule has 0 atom stereocenters. The Labute approximate surface area is 40.4 Å². The van der Waals surface area contributed by atoms with Gasteiger partial charge in [0.25, 0.3) is 0 Å². The zero-order valence-corrected chi connectivity index (χ0v) is 4.39. The molecule has 0 aromatic heterocycles. The van der Waals surface area contributed by atoms with Gasteiger partial charge in [-0.15, -0.1) is 0 Å². The predicted molar refractivity (Wildman–Crippen MR) is 25.8 cm³/mol. The first-order valence-electron chi connectivity index (χ1n) is 1.87. The topological polar surface area (TPSA) is 15.6 Å². The molecule has 1 aliphatic heterocycles. The first-order chi connectivity index (χ1) is 2.89. The standard InChI is InChI=1S/C3H5N2Si/c6-5-2-1-4-3-5/h3H,1-2H2. The van der Waals surface area contributed by atoms with E-state index in [1.54, 1.807) is 6.34 Å². The normalized spacial score (nSPS) is 19.8. The second-order valence-corrected chi connectivity index (χ2v) is 1.79. The van der Waals surface area contributed by atoms with Crippen molar-refractivity contribution in [2.75, 3.05) is 13.1 Å². The van der Waals surface area contributed by atoms with Crippen molar-refractivity contribution in [1.82, 2.24) is 4.57 Å². The third-order valence-corrected chi connectivity index (χ3v) is 1.03. The van der Waals surface area contributed by atoms with Crippen molar-refractivity contribution in [3.63, 3.8) is 0 Å². The maximum Gasteiger partial charge on any atom is 0.190 e. The largest absolute Gasteiger partial charge is 0.389 e. The predicted octanol–water partition coefficient (Wildman–Crippen LogP) is -0.586. The minimum absolute atomic E-state index is 0.934. The number of hydrogen-bond donors (Lipinski definition) is 0. The molecule has 0 amide bonds. The fourth-order valence-corrected chi connectivity index (χ4v) is 0.561. The van der Waals surface area contributed by atoms with Gasteiger partial charge >= 0.3 is 0 Å². The summed E-state index contributed by atoms with van der Waals surface area (Å²) < 4.78 is 1.88. The Balaban J connectivity index is 2.38. The van der Waals surface area contributed by atoms with Crippen LogP contribution in [0.5, 0.6) is 0 Å². The molecule has 3 heteroatoms. The summed E-state index contributed by atoms with van der Waals surface area (Å²) in [4.78, 5) is 3.92. The lowest BCUT2D eigenvalue weighted by Gasteiger charge is -1.99. The summed E-state index contributed by atoms with van der Waals surface area (Å²) >= 11 is 0. The highest BCUT2D eigenvalue weighted by Crippen LogP contribution is 1.83. The Kier molecular flexibility index (Phi) is 0.917. The molecule has 0 aromatic rings. The summed E-state index contributed by atoms with van der Waals surface area (Å²) in [5, 5.41) is 0. The van der Waals surface area contributed by atoms with E-state index in [1.165, 1.54) is 0 Å². The van der Waals surface area contributed by atoms with Crippen molar-refractivity contribution in [1.29, 1.82) is 0 Å². The SMILES string of the molecule is [Si]N1C=NCC1. The smallest absolute Gasteiger partial charge is 0.190 e. The number of hydrogen-bond acceptors (Lipinski definition) is 2. The molecule has 3 radical (unpaired) electrons. The van der Waals surface area contributed by atoms with Gasteiger partial charge in [0, 0.05) is 6.54 Å². The van der Waals surface area contributed by atoms with E-state index in [4.69, 9.17) is 0 Å². The zero-order chi connectivity index (χ0) is 4.41. The summed E-state index contributed by atoms with van der Waals surface area (Å²) in [6.45, 7) is 1.94. The van der Waals surface area contributed by atoms with Gasteiger partial charge in [0.05, 0.1) is 12.9 Å². The van der Waals surface area contributed by atoms with Crippen molar-refractivity contribution in [2.45, 2.75) is 0 Å². The lowest BCUT2D eigenvalue weighted by Crippen LogP contribution is -2.13. The van der Waals surface area contributed by atoms with Crippen molar-refractivity contribution in [3.8, 4) is 0 Å². The van der Waals surface area contributed by atoms with E-state index in [1.807, 2.05) is 4.57 Å². The van der Waals surface area contributed by atoms with Crippen LogP contribution >= 0.6 is 0 Å². The fourth-order valence-electron chi connectivity index (χ4n) is 0.379. The van der Waals surface area contributed by atoms with Crippen LogP contribution in [0.4, 0.5) is 0 Å². The minimum Gasteiger partial charge on any atom is -0.389 e. The first-order valence-corrected chi connectivity index (χ1v) is 2.32. The van der Waals surface area contributed by atoms with E-state index < -0.39 is 0 Å². The highest BCUT2D eigenvalue weighted by Gasteiger charge is 1.94. The van der Waals surface area contributed by atoms with Gasteiger partial charge in [-0.05, 0) is 0 Å². The second kappa shape index (κ2) is 1.42. The van der Waals surface area contributed by atoms with Gasteiger partial charge in [0.1, 0.15) is 0 Å². The van der Waals surface area contributed by atoms with Gasteiger partial charge in [-0.3, -0.25) is 4.99 Å². The lowest BCUT2D eigenvalue weighted by molar-refractivity contribution is 0.728. The number of aliphatic imine (C=N–C) groups is 1. The molecule has 0 saturated heterocycles. The Hall–Kier alpha value is -0.313. The van der Waals surface area contributed by atoms with E-state index in [2.05, 4.69) is 15.4 Å². The molecule has 1 aliphatic rings. The van der Waals surface area contributed by atoms with Crippen LogP contribution < -0.4 is 0 Å². The molecular formula is C3H5N2Si. The highest BCUT2D eigenvalue weighted by atomic mass is 28.2. The number of rotatable bonds is 0. The van der Waals surface area contributed by atoms with Crippen molar-refractivity contribution < 1.29 is 0 Å². The average molecular weight is 97.2 g/mol. The molecule has 0 aliphatic carbocycles. The quantitative estimate of drug-likeness (QED) is 0.369. The van der Waals surface area contributed by atoms with E-state index in [9.17, 15) is 0 Å². The molecule has 0 N–H and O–H groups in total. The highest BCUT2D eigenvalue weighted by molar-refractivity contribution is 6.11. The molecule has 0 fully saturated rings. The van der Waals surface area contributed by atoms with E-state index in [0.29, 0.717) is 0 Å². The van der Waals surface area contributed by atoms with Gasteiger partial charge in [-0.1, -0.05) is 0 Å². The maximum atomic E-state index is 3.92. The minimum atomic E-state index is 0.934. The summed E-state index contributed by atoms with van der Waals surface area (Å²) in [6, 6.07) is 0. The monoisotopic (exact) mass is 97.0 g/mol. The molecule has 6 heavy (non-hydrogen) atoms. The third-order valence-electron chi connectivity index (χ3n) is 0.691. The molecule has 2 nitrogen and oxygen atoms in total. The first kappa shape index (κ1) is 3.86. The maximum absolute atomic E-state index is 3.92. The average Bonchev–Trinajstić information content (AvgIpc) is 1.86. The summed E-state index contributed by atoms with van der Waals surface area (Å²) in [5.74, 6) is 0. The van der Waals surface area contributed by atoms with Crippen LogP contribution in [0.15, 0.2) is 4.99 Å². The second-order valence-electron chi connectivity index (χ2n) is 1.22. The molecule has 0 saturated carbocycles. The molecule has 0 aromatic carbocycles. The molecule has 1 rings (SSSR count).